The molecule has 234 valence electrons. The molecule has 0 aliphatic carbocycles. The first-order chi connectivity index (χ1) is 21.2. The van der Waals surface area contributed by atoms with E-state index in [1.54, 1.807) is 19.1 Å². The SMILES string of the molecule is C\C=C/C(=C\C=C(/O)CCCC)c1csc(SC2=C(C(=O)O)N3C(=O)[C@@H](NC(=O)/C(=N\OCC)c4nsc(N)n4)[C@H]3SC2)n1. The van der Waals surface area contributed by atoms with Crippen molar-refractivity contribution in [2.24, 2.45) is 5.16 Å². The van der Waals surface area contributed by atoms with Crippen molar-refractivity contribution < 1.29 is 29.4 Å². The number of β-lactam (4-membered cyclic amide) rings is 1. The first kappa shape index (κ1) is 33.2. The molecule has 4 heterocycles. The van der Waals surface area contributed by atoms with E-state index in [1.807, 2.05) is 24.5 Å². The number of amides is 2. The lowest BCUT2D eigenvalue weighted by Gasteiger charge is -2.49. The average molecular weight is 678 g/mol. The second kappa shape index (κ2) is 15.4. The van der Waals surface area contributed by atoms with Crippen molar-refractivity contribution in [1.29, 1.82) is 0 Å². The van der Waals surface area contributed by atoms with E-state index in [2.05, 4.69) is 31.7 Å². The Kier molecular flexibility index (Phi) is 11.6. The van der Waals surface area contributed by atoms with Crippen LogP contribution in [0.15, 0.2) is 55.5 Å². The number of aliphatic hydroxyl groups excluding tert-OH is 1. The second-order valence-corrected chi connectivity index (χ2v) is 13.3. The van der Waals surface area contributed by atoms with E-state index < -0.39 is 29.2 Å². The Bertz CT molecular complexity index is 1560. The fraction of sp³-hybridized carbons (Fsp3) is 0.370. The highest BCUT2D eigenvalue weighted by Crippen LogP contribution is 2.45. The zero-order chi connectivity index (χ0) is 31.8. The molecule has 2 aromatic rings. The van der Waals surface area contributed by atoms with Crippen molar-refractivity contribution in [2.45, 2.75) is 55.8 Å². The molecule has 0 spiro atoms. The third kappa shape index (κ3) is 7.69. The van der Waals surface area contributed by atoms with Crippen LogP contribution in [-0.2, 0) is 19.2 Å². The number of nitrogen functional groups attached to an aromatic ring is 1. The number of nitrogens with zero attached hydrogens (tertiary/aromatic N) is 5. The van der Waals surface area contributed by atoms with Gasteiger partial charge >= 0.3 is 5.97 Å². The van der Waals surface area contributed by atoms with Gasteiger partial charge in [-0.3, -0.25) is 14.5 Å². The van der Waals surface area contributed by atoms with Gasteiger partial charge in [0.2, 0.25) is 11.5 Å². The number of hydrogen-bond acceptors (Lipinski definition) is 14. The van der Waals surface area contributed by atoms with E-state index >= 15 is 0 Å². The summed E-state index contributed by atoms with van der Waals surface area (Å²) in [6.45, 7) is 5.81. The van der Waals surface area contributed by atoms with Crippen molar-refractivity contribution in [3.05, 3.63) is 57.6 Å². The smallest absolute Gasteiger partial charge is 0.353 e. The van der Waals surface area contributed by atoms with Gasteiger partial charge in [0.15, 0.2) is 9.47 Å². The number of thiazole rings is 1. The summed E-state index contributed by atoms with van der Waals surface area (Å²) >= 11 is 4.75. The molecule has 0 saturated carbocycles. The van der Waals surface area contributed by atoms with Crippen molar-refractivity contribution >= 4 is 80.6 Å². The molecule has 0 unspecified atom stereocenters. The van der Waals surface area contributed by atoms with E-state index in [9.17, 15) is 24.6 Å². The minimum Gasteiger partial charge on any atom is -0.512 e. The highest BCUT2D eigenvalue weighted by molar-refractivity contribution is 8.07. The number of hydrogen-bond donors (Lipinski definition) is 4. The lowest BCUT2D eigenvalue weighted by Crippen LogP contribution is -2.71. The minimum absolute atomic E-state index is 0.0391. The number of rotatable bonds is 14. The van der Waals surface area contributed by atoms with Crippen LogP contribution in [-0.4, -0.2) is 76.7 Å². The number of nitrogens with two attached hydrogens (primary N) is 1. The van der Waals surface area contributed by atoms with E-state index in [-0.39, 0.29) is 34.7 Å². The number of anilines is 1. The number of nitrogens with one attached hydrogen (secondary N) is 1. The molecule has 2 aliphatic rings. The molecule has 5 N–H and O–H groups in total. The summed E-state index contributed by atoms with van der Waals surface area (Å²) in [6, 6.07) is -0.988. The van der Waals surface area contributed by atoms with Gasteiger partial charge in [0.1, 0.15) is 23.7 Å². The van der Waals surface area contributed by atoms with Crippen LogP contribution >= 0.6 is 46.4 Å². The monoisotopic (exact) mass is 677 g/mol. The summed E-state index contributed by atoms with van der Waals surface area (Å²) in [4.78, 5) is 53.9. The first-order valence-electron chi connectivity index (χ1n) is 13.6. The fourth-order valence-corrected chi connectivity index (χ4v) is 7.99. The number of thioether (sulfide) groups is 2. The normalized spacial score (nSPS) is 19.3. The Morgan fingerprint density at radius 3 is 2.75 bits per heavy atom. The zero-order valence-electron chi connectivity index (χ0n) is 24.1. The Balaban J connectivity index is 1.50. The number of carboxylic acids is 1. The van der Waals surface area contributed by atoms with Crippen LogP contribution in [0.4, 0.5) is 5.13 Å². The van der Waals surface area contributed by atoms with Gasteiger partial charge in [0.05, 0.1) is 11.5 Å². The lowest BCUT2D eigenvalue weighted by atomic mass is 10.0. The molecule has 1 saturated heterocycles. The van der Waals surface area contributed by atoms with Crippen LogP contribution in [0.5, 0.6) is 0 Å². The predicted molar refractivity (Wildman–Crippen MR) is 173 cm³/mol. The van der Waals surface area contributed by atoms with Gasteiger partial charge in [0, 0.05) is 39.6 Å². The molecule has 17 heteroatoms. The number of carbonyl (C=O) groups is 3. The molecule has 0 bridgehead atoms. The average Bonchev–Trinajstić information content (AvgIpc) is 3.65. The number of oxime groups is 1. The molecule has 13 nitrogen and oxygen atoms in total. The molecule has 2 amide bonds. The van der Waals surface area contributed by atoms with Gasteiger partial charge in [-0.1, -0.05) is 42.4 Å². The summed E-state index contributed by atoms with van der Waals surface area (Å²) in [6.07, 6.45) is 9.69. The van der Waals surface area contributed by atoms with Gasteiger partial charge < -0.3 is 26.1 Å². The quantitative estimate of drug-likeness (QED) is 0.0725. The van der Waals surface area contributed by atoms with Crippen LogP contribution in [0.25, 0.3) is 5.57 Å². The maximum absolute atomic E-state index is 13.2. The van der Waals surface area contributed by atoms with Gasteiger partial charge in [-0.2, -0.15) is 9.36 Å². The molecule has 2 atom stereocenters. The number of aliphatic carboxylic acids is 1. The number of allylic oxidation sites excluding steroid dienone is 6. The molecular weight excluding hydrogens is 647 g/mol. The van der Waals surface area contributed by atoms with Crippen molar-refractivity contribution in [2.75, 3.05) is 18.1 Å². The van der Waals surface area contributed by atoms with E-state index in [0.717, 1.165) is 29.9 Å². The molecule has 2 aliphatic heterocycles. The predicted octanol–water partition coefficient (Wildman–Crippen LogP) is 4.40. The third-order valence-corrected chi connectivity index (χ3v) is 10.2. The Morgan fingerprint density at radius 1 is 1.30 bits per heavy atom. The summed E-state index contributed by atoms with van der Waals surface area (Å²) in [5, 5.41) is 28.0. The molecule has 0 radical (unpaired) electrons. The van der Waals surface area contributed by atoms with Gasteiger partial charge in [-0.25, -0.2) is 9.78 Å². The summed E-state index contributed by atoms with van der Waals surface area (Å²) in [5.41, 5.74) is 6.73. The molecular formula is C27H31N7O6S4. The number of fused-ring (bicyclic) bond motifs is 1. The van der Waals surface area contributed by atoms with E-state index in [4.69, 9.17) is 10.6 Å². The first-order valence-corrected chi connectivity index (χ1v) is 17.1. The van der Waals surface area contributed by atoms with Crippen LogP contribution < -0.4 is 11.1 Å². The maximum atomic E-state index is 13.2. The van der Waals surface area contributed by atoms with Gasteiger partial charge in [-0.15, -0.1) is 23.1 Å². The van der Waals surface area contributed by atoms with Crippen molar-refractivity contribution in [3.63, 3.8) is 0 Å². The van der Waals surface area contributed by atoms with E-state index in [1.165, 1.54) is 39.8 Å². The van der Waals surface area contributed by atoms with Crippen LogP contribution in [0.1, 0.15) is 51.6 Å². The Labute approximate surface area is 270 Å². The Hall–Kier alpha value is -3.67. The third-order valence-electron chi connectivity index (χ3n) is 6.15. The summed E-state index contributed by atoms with van der Waals surface area (Å²) in [5.74, 6) is -2.03. The summed E-state index contributed by atoms with van der Waals surface area (Å²) < 4.78 is 4.60. The highest BCUT2D eigenvalue weighted by atomic mass is 32.2. The second-order valence-electron chi connectivity index (χ2n) is 9.24. The van der Waals surface area contributed by atoms with Crippen molar-refractivity contribution in [1.82, 2.24) is 24.6 Å². The maximum Gasteiger partial charge on any atom is 0.353 e. The number of carbonyl (C=O) groups excluding carboxylic acids is 2. The number of aromatic nitrogens is 3. The highest BCUT2D eigenvalue weighted by Gasteiger charge is 2.54. The minimum atomic E-state index is -1.25. The molecule has 44 heavy (non-hydrogen) atoms. The molecule has 4 rings (SSSR count). The van der Waals surface area contributed by atoms with Crippen molar-refractivity contribution in [3.8, 4) is 0 Å². The Morgan fingerprint density at radius 2 is 2.09 bits per heavy atom. The fourth-order valence-electron chi connectivity index (χ4n) is 4.10. The van der Waals surface area contributed by atoms with Gasteiger partial charge in [-0.05, 0) is 32.4 Å². The van der Waals surface area contributed by atoms with Crippen LogP contribution in [0.2, 0.25) is 0 Å². The topological polar surface area (TPSA) is 193 Å². The molecule has 2 aromatic heterocycles. The van der Waals surface area contributed by atoms with Gasteiger partial charge in [0.25, 0.3) is 11.8 Å². The van der Waals surface area contributed by atoms with Crippen LogP contribution in [0.3, 0.4) is 0 Å². The molecule has 0 aromatic carbocycles. The summed E-state index contributed by atoms with van der Waals surface area (Å²) in [7, 11) is 0. The largest absolute Gasteiger partial charge is 0.512 e. The number of unbranched alkanes of at least 4 members (excludes halogenated alkanes) is 1. The molecule has 1 fully saturated rings. The number of carboxylic acid groups (broad SMARTS) is 1. The zero-order valence-corrected chi connectivity index (χ0v) is 27.3. The number of aliphatic hydroxyl groups is 1. The van der Waals surface area contributed by atoms with Crippen LogP contribution in [0, 0.1) is 0 Å². The standard InChI is InChI=1S/C27H31N7O6S4/c1-4-7-9-15(35)11-10-14(8-5-2)16-12-42-27(29-16)43-17-13-41-24-19(23(37)34(24)20(17)25(38)39)30-22(36)18(32-40-6-3)21-31-26(28)44-33-21/h5,8,10-12,19,24,35H,4,6-7,9,13H2,1-3H3,(H,30,36)(H,38,39)(H2,28,31,33)/b8-5-,14-10+,15-11-,32-18-/t19-,24-/m1/s1. The lowest BCUT2D eigenvalue weighted by molar-refractivity contribution is -0.150. The van der Waals surface area contributed by atoms with E-state index in [0.29, 0.717) is 27.1 Å².